The van der Waals surface area contributed by atoms with Crippen molar-refractivity contribution in [1.29, 1.82) is 0 Å². The molecule has 3 N–H and O–H groups in total. The van der Waals surface area contributed by atoms with Gasteiger partial charge in [-0.25, -0.2) is 0 Å². The Hall–Kier alpha value is -1.13. The summed E-state index contributed by atoms with van der Waals surface area (Å²) >= 11 is 0. The van der Waals surface area contributed by atoms with Crippen LogP contribution < -0.4 is 5.73 Å². The summed E-state index contributed by atoms with van der Waals surface area (Å²) in [7, 11) is 0. The third-order valence-corrected chi connectivity index (χ3v) is 1.58. The Balaban J connectivity index is 2.81. The number of aliphatic hydroxyl groups is 1. The molecule has 0 aliphatic heterocycles. The van der Waals surface area contributed by atoms with Crippen molar-refractivity contribution in [2.75, 3.05) is 0 Å². The summed E-state index contributed by atoms with van der Waals surface area (Å²) in [5.74, 6) is 0.655. The zero-order valence-corrected chi connectivity index (χ0v) is 6.78. The van der Waals surface area contributed by atoms with E-state index in [2.05, 4.69) is 0 Å². The number of carbonyl (C=O) groups excluding carboxylic acids is 1. The van der Waals surface area contributed by atoms with Gasteiger partial charge < -0.3 is 15.3 Å². The van der Waals surface area contributed by atoms with E-state index in [9.17, 15) is 4.79 Å². The Morgan fingerprint density at radius 2 is 2.42 bits per heavy atom. The molecule has 0 bridgehead atoms. The number of rotatable bonds is 3. The first-order valence-corrected chi connectivity index (χ1v) is 3.60. The monoisotopic (exact) mass is 169 g/mol. The molecule has 4 nitrogen and oxygen atoms in total. The van der Waals surface area contributed by atoms with Gasteiger partial charge in [-0.15, -0.1) is 0 Å². The topological polar surface area (TPSA) is 76.5 Å². The van der Waals surface area contributed by atoms with Crippen LogP contribution in [-0.2, 0) is 11.4 Å². The van der Waals surface area contributed by atoms with E-state index in [0.29, 0.717) is 11.5 Å². The lowest BCUT2D eigenvalue weighted by molar-refractivity contribution is -0.118. The van der Waals surface area contributed by atoms with E-state index in [-0.39, 0.29) is 12.4 Å². The van der Waals surface area contributed by atoms with Crippen molar-refractivity contribution >= 4 is 5.78 Å². The molecule has 66 valence electrons. The minimum atomic E-state index is -0.717. The highest BCUT2D eigenvalue weighted by Crippen LogP contribution is 2.14. The molecule has 1 atom stereocenters. The van der Waals surface area contributed by atoms with Crippen molar-refractivity contribution in [1.82, 2.24) is 0 Å². The molecule has 0 radical (unpaired) electrons. The van der Waals surface area contributed by atoms with E-state index >= 15 is 0 Å². The minimum absolute atomic E-state index is 0.158. The second-order valence-corrected chi connectivity index (χ2v) is 2.55. The molecule has 1 heterocycles. The molecule has 1 unspecified atom stereocenters. The fourth-order valence-electron chi connectivity index (χ4n) is 0.847. The first-order chi connectivity index (χ1) is 5.65. The highest BCUT2D eigenvalue weighted by Gasteiger charge is 2.14. The normalized spacial score (nSPS) is 12.9. The molecule has 0 amide bonds. The number of Topliss-reactive ketones (excluding diaryl/α,β-unsaturated/α-hetero) is 1. The molecule has 4 heteroatoms. The lowest BCUT2D eigenvalue weighted by atomic mass is 10.2. The fourth-order valence-corrected chi connectivity index (χ4v) is 0.847. The van der Waals surface area contributed by atoms with Gasteiger partial charge in [0.25, 0.3) is 0 Å². The van der Waals surface area contributed by atoms with Gasteiger partial charge in [-0.3, -0.25) is 4.79 Å². The van der Waals surface area contributed by atoms with E-state index in [1.807, 2.05) is 0 Å². The van der Waals surface area contributed by atoms with Crippen molar-refractivity contribution in [3.63, 3.8) is 0 Å². The van der Waals surface area contributed by atoms with Crippen molar-refractivity contribution in [2.24, 2.45) is 5.73 Å². The number of hydrogen-bond donors (Lipinski definition) is 2. The lowest BCUT2D eigenvalue weighted by Gasteiger charge is -2.02. The number of carbonyl (C=O) groups is 1. The van der Waals surface area contributed by atoms with Crippen LogP contribution in [0.3, 0.4) is 0 Å². The smallest absolute Gasteiger partial charge is 0.154 e. The Morgan fingerprint density at radius 1 is 1.75 bits per heavy atom. The van der Waals surface area contributed by atoms with E-state index < -0.39 is 6.04 Å². The third-order valence-electron chi connectivity index (χ3n) is 1.58. The van der Waals surface area contributed by atoms with Gasteiger partial charge >= 0.3 is 0 Å². The third kappa shape index (κ3) is 1.72. The maximum atomic E-state index is 10.8. The summed E-state index contributed by atoms with van der Waals surface area (Å²) in [5, 5.41) is 8.65. The van der Waals surface area contributed by atoms with Crippen LogP contribution >= 0.6 is 0 Å². The SMILES string of the molecule is CC(=O)C(N)c1ccc(CO)o1. The molecule has 0 saturated carbocycles. The molecule has 0 aliphatic carbocycles. The molecular formula is C8H11NO3. The van der Waals surface area contributed by atoms with Crippen molar-refractivity contribution in [3.8, 4) is 0 Å². The van der Waals surface area contributed by atoms with Crippen LogP contribution in [0.15, 0.2) is 16.5 Å². The number of ketones is 1. The van der Waals surface area contributed by atoms with Gasteiger partial charge in [0, 0.05) is 0 Å². The number of hydrogen-bond acceptors (Lipinski definition) is 4. The molecule has 0 spiro atoms. The van der Waals surface area contributed by atoms with Gasteiger partial charge in [0.2, 0.25) is 0 Å². The Labute approximate surface area is 70.0 Å². The van der Waals surface area contributed by atoms with Crippen LogP contribution in [0, 0.1) is 0 Å². The van der Waals surface area contributed by atoms with Gasteiger partial charge in [0.05, 0.1) is 0 Å². The van der Waals surface area contributed by atoms with Crippen LogP contribution in [0.4, 0.5) is 0 Å². The summed E-state index contributed by atoms with van der Waals surface area (Å²) in [4.78, 5) is 10.8. The maximum Gasteiger partial charge on any atom is 0.154 e. The summed E-state index contributed by atoms with van der Waals surface area (Å²) in [6, 6.07) is 2.47. The maximum absolute atomic E-state index is 10.8. The number of nitrogens with two attached hydrogens (primary N) is 1. The second-order valence-electron chi connectivity index (χ2n) is 2.55. The quantitative estimate of drug-likeness (QED) is 0.685. The van der Waals surface area contributed by atoms with E-state index in [0.717, 1.165) is 0 Å². The average molecular weight is 169 g/mol. The zero-order chi connectivity index (χ0) is 9.14. The molecule has 12 heavy (non-hydrogen) atoms. The molecular weight excluding hydrogens is 158 g/mol. The molecule has 0 fully saturated rings. The molecule has 0 aromatic carbocycles. The van der Waals surface area contributed by atoms with Crippen LogP contribution in [0.2, 0.25) is 0 Å². The summed E-state index contributed by atoms with van der Waals surface area (Å²) < 4.78 is 5.06. The first kappa shape index (κ1) is 8.96. The molecule has 0 aliphatic rings. The van der Waals surface area contributed by atoms with Crippen LogP contribution in [0.1, 0.15) is 24.5 Å². The lowest BCUT2D eigenvalue weighted by Crippen LogP contribution is -2.17. The molecule has 1 aromatic rings. The van der Waals surface area contributed by atoms with Crippen molar-refractivity contribution in [2.45, 2.75) is 19.6 Å². The average Bonchev–Trinajstić information content (AvgIpc) is 2.50. The largest absolute Gasteiger partial charge is 0.461 e. The van der Waals surface area contributed by atoms with Gasteiger partial charge in [-0.1, -0.05) is 0 Å². The Kier molecular flexibility index (Phi) is 2.62. The summed E-state index contributed by atoms with van der Waals surface area (Å²) in [6.07, 6.45) is 0. The van der Waals surface area contributed by atoms with E-state index in [4.69, 9.17) is 15.3 Å². The van der Waals surface area contributed by atoms with E-state index in [1.54, 1.807) is 12.1 Å². The Morgan fingerprint density at radius 3 is 2.83 bits per heavy atom. The highest BCUT2D eigenvalue weighted by atomic mass is 16.4. The fraction of sp³-hybridized carbons (Fsp3) is 0.375. The predicted octanol–water partition coefficient (Wildman–Crippen LogP) is 0.361. The highest BCUT2D eigenvalue weighted by molar-refractivity contribution is 5.81. The van der Waals surface area contributed by atoms with E-state index in [1.165, 1.54) is 6.92 Å². The standard InChI is InChI=1S/C8H11NO3/c1-5(11)8(9)7-3-2-6(4-10)12-7/h2-3,8,10H,4,9H2,1H3. The summed E-state index contributed by atoms with van der Waals surface area (Å²) in [6.45, 7) is 1.22. The molecule has 1 rings (SSSR count). The van der Waals surface area contributed by atoms with Crippen LogP contribution in [-0.4, -0.2) is 10.9 Å². The predicted molar refractivity (Wildman–Crippen MR) is 42.2 cm³/mol. The van der Waals surface area contributed by atoms with Crippen LogP contribution in [0.25, 0.3) is 0 Å². The number of aliphatic hydroxyl groups excluding tert-OH is 1. The molecule has 0 saturated heterocycles. The molecule has 1 aromatic heterocycles. The van der Waals surface area contributed by atoms with Crippen molar-refractivity contribution in [3.05, 3.63) is 23.7 Å². The second kappa shape index (κ2) is 3.51. The number of furan rings is 1. The minimum Gasteiger partial charge on any atom is -0.461 e. The van der Waals surface area contributed by atoms with Gasteiger partial charge in [0.15, 0.2) is 5.78 Å². The first-order valence-electron chi connectivity index (χ1n) is 3.60. The van der Waals surface area contributed by atoms with Crippen molar-refractivity contribution < 1.29 is 14.3 Å². The zero-order valence-electron chi connectivity index (χ0n) is 6.78. The summed E-state index contributed by atoms with van der Waals surface area (Å²) in [5.41, 5.74) is 5.48. The van der Waals surface area contributed by atoms with Gasteiger partial charge in [0.1, 0.15) is 24.2 Å². The van der Waals surface area contributed by atoms with Gasteiger partial charge in [-0.2, -0.15) is 0 Å². The van der Waals surface area contributed by atoms with Gasteiger partial charge in [-0.05, 0) is 19.1 Å². The Bertz CT molecular complexity index is 280. The van der Waals surface area contributed by atoms with Crippen LogP contribution in [0.5, 0.6) is 0 Å².